The molecule has 3 N–H and O–H groups in total. The summed E-state index contributed by atoms with van der Waals surface area (Å²) in [7, 11) is 0. The molecule has 5 heteroatoms. The van der Waals surface area contributed by atoms with Gasteiger partial charge < -0.3 is 15.8 Å². The molecule has 1 rings (SSSR count). The molecule has 0 fully saturated rings. The van der Waals surface area contributed by atoms with Gasteiger partial charge in [0, 0.05) is 24.9 Å². The highest BCUT2D eigenvalue weighted by molar-refractivity contribution is 5.98. The predicted molar refractivity (Wildman–Crippen MR) is 91.7 cm³/mol. The Balaban J connectivity index is 2.53. The van der Waals surface area contributed by atoms with E-state index < -0.39 is 0 Å². The molecule has 23 heavy (non-hydrogen) atoms. The van der Waals surface area contributed by atoms with Gasteiger partial charge in [0.25, 0.3) is 0 Å². The minimum Gasteiger partial charge on any atom is -0.494 e. The summed E-state index contributed by atoms with van der Waals surface area (Å²) in [4.78, 5) is 24.2. The Hall–Kier alpha value is -1.88. The summed E-state index contributed by atoms with van der Waals surface area (Å²) in [5, 5.41) is 2.98. The van der Waals surface area contributed by atoms with Gasteiger partial charge in [0.1, 0.15) is 5.75 Å². The second-order valence-electron chi connectivity index (χ2n) is 5.62. The van der Waals surface area contributed by atoms with E-state index in [1.807, 2.05) is 20.8 Å². The number of ketones is 1. The van der Waals surface area contributed by atoms with Crippen LogP contribution in [0, 0.1) is 0 Å². The van der Waals surface area contributed by atoms with Crippen LogP contribution in [0.4, 0.5) is 0 Å². The third-order valence-electron chi connectivity index (χ3n) is 4.22. The second-order valence-corrected chi connectivity index (χ2v) is 5.62. The highest BCUT2D eigenvalue weighted by Gasteiger charge is 2.26. The fourth-order valence-corrected chi connectivity index (χ4v) is 2.40. The van der Waals surface area contributed by atoms with Gasteiger partial charge in [-0.15, -0.1) is 0 Å². The molecule has 0 aliphatic rings. The highest BCUT2D eigenvalue weighted by Crippen LogP contribution is 2.16. The number of carbonyl (C=O) groups is 2. The molecule has 0 heterocycles. The standard InChI is InChI=1S/C18H28N2O3/c1-4-18(5-2,13-19)20-17(22)12-11-16(21)14-7-9-15(10-8-14)23-6-3/h7-10H,4-6,11-13,19H2,1-3H3,(H,20,22). The molecular weight excluding hydrogens is 292 g/mol. The van der Waals surface area contributed by atoms with Crippen molar-refractivity contribution >= 4 is 11.7 Å². The van der Waals surface area contributed by atoms with Crippen molar-refractivity contribution in [1.82, 2.24) is 5.32 Å². The van der Waals surface area contributed by atoms with Crippen LogP contribution in [-0.2, 0) is 4.79 Å². The van der Waals surface area contributed by atoms with Crippen LogP contribution < -0.4 is 15.8 Å². The van der Waals surface area contributed by atoms with Crippen molar-refractivity contribution in [3.8, 4) is 5.75 Å². The van der Waals surface area contributed by atoms with Crippen LogP contribution in [0.3, 0.4) is 0 Å². The van der Waals surface area contributed by atoms with Crippen molar-refractivity contribution in [2.24, 2.45) is 5.73 Å². The molecule has 0 saturated carbocycles. The zero-order valence-electron chi connectivity index (χ0n) is 14.4. The summed E-state index contributed by atoms with van der Waals surface area (Å²) in [5.74, 6) is 0.563. The SMILES string of the molecule is CCOc1ccc(C(=O)CCC(=O)NC(CC)(CC)CN)cc1. The lowest BCUT2D eigenvalue weighted by Crippen LogP contribution is -2.52. The van der Waals surface area contributed by atoms with Crippen molar-refractivity contribution in [3.05, 3.63) is 29.8 Å². The van der Waals surface area contributed by atoms with E-state index >= 15 is 0 Å². The summed E-state index contributed by atoms with van der Waals surface area (Å²) in [6, 6.07) is 7.00. The lowest BCUT2D eigenvalue weighted by Gasteiger charge is -2.31. The number of Topliss-reactive ketones (excluding diaryl/α,β-unsaturated/α-hetero) is 1. The third-order valence-corrected chi connectivity index (χ3v) is 4.22. The average Bonchev–Trinajstić information content (AvgIpc) is 2.58. The molecule has 0 aromatic heterocycles. The lowest BCUT2D eigenvalue weighted by molar-refractivity contribution is -0.123. The maximum atomic E-state index is 12.1. The van der Waals surface area contributed by atoms with Crippen LogP contribution in [-0.4, -0.2) is 30.4 Å². The van der Waals surface area contributed by atoms with Gasteiger partial charge in [0.15, 0.2) is 5.78 Å². The third kappa shape index (κ3) is 5.67. The Morgan fingerprint density at radius 3 is 2.17 bits per heavy atom. The van der Waals surface area contributed by atoms with Crippen LogP contribution in [0.2, 0.25) is 0 Å². The molecule has 5 nitrogen and oxygen atoms in total. The van der Waals surface area contributed by atoms with Crippen molar-refractivity contribution in [2.75, 3.05) is 13.2 Å². The minimum absolute atomic E-state index is 0.0467. The maximum Gasteiger partial charge on any atom is 0.220 e. The first-order valence-corrected chi connectivity index (χ1v) is 8.27. The summed E-state index contributed by atoms with van der Waals surface area (Å²) >= 11 is 0. The number of nitrogens with one attached hydrogen (secondary N) is 1. The van der Waals surface area contributed by atoms with Gasteiger partial charge in [0.05, 0.1) is 12.1 Å². The van der Waals surface area contributed by atoms with Crippen LogP contribution >= 0.6 is 0 Å². The van der Waals surface area contributed by atoms with E-state index in [4.69, 9.17) is 10.5 Å². The molecule has 0 aliphatic carbocycles. The summed E-state index contributed by atoms with van der Waals surface area (Å²) in [6.45, 7) is 6.90. The normalized spacial score (nSPS) is 11.1. The monoisotopic (exact) mass is 320 g/mol. The zero-order valence-corrected chi connectivity index (χ0v) is 14.4. The molecule has 1 aromatic carbocycles. The fourth-order valence-electron chi connectivity index (χ4n) is 2.40. The highest BCUT2D eigenvalue weighted by atomic mass is 16.5. The number of carbonyl (C=O) groups excluding carboxylic acids is 2. The van der Waals surface area contributed by atoms with Crippen LogP contribution in [0.1, 0.15) is 56.8 Å². The largest absolute Gasteiger partial charge is 0.494 e. The van der Waals surface area contributed by atoms with E-state index in [9.17, 15) is 9.59 Å². The van der Waals surface area contributed by atoms with Crippen molar-refractivity contribution in [3.63, 3.8) is 0 Å². The molecule has 0 aliphatic heterocycles. The topological polar surface area (TPSA) is 81.4 Å². The molecule has 0 saturated heterocycles. The molecule has 0 radical (unpaired) electrons. The molecular formula is C18H28N2O3. The van der Waals surface area contributed by atoms with Crippen molar-refractivity contribution in [1.29, 1.82) is 0 Å². The number of amides is 1. The predicted octanol–water partition coefficient (Wildman–Crippen LogP) is 2.68. The summed E-state index contributed by atoms with van der Waals surface area (Å²) in [5.41, 5.74) is 6.00. The minimum atomic E-state index is -0.362. The lowest BCUT2D eigenvalue weighted by atomic mass is 9.92. The van der Waals surface area contributed by atoms with Crippen molar-refractivity contribution < 1.29 is 14.3 Å². The molecule has 0 atom stereocenters. The van der Waals surface area contributed by atoms with Crippen LogP contribution in [0.15, 0.2) is 24.3 Å². The number of ether oxygens (including phenoxy) is 1. The zero-order chi connectivity index (χ0) is 17.3. The van der Waals surface area contributed by atoms with Crippen molar-refractivity contribution in [2.45, 2.75) is 52.0 Å². The molecule has 0 spiro atoms. The van der Waals surface area contributed by atoms with Crippen LogP contribution in [0.5, 0.6) is 5.75 Å². The Morgan fingerprint density at radius 1 is 1.09 bits per heavy atom. The van der Waals surface area contributed by atoms with Gasteiger partial charge >= 0.3 is 0 Å². The first-order chi connectivity index (χ1) is 11.0. The number of hydrogen-bond donors (Lipinski definition) is 2. The van der Waals surface area contributed by atoms with E-state index in [-0.39, 0.29) is 30.1 Å². The van der Waals surface area contributed by atoms with Gasteiger partial charge in [0.2, 0.25) is 5.91 Å². The Morgan fingerprint density at radius 2 is 1.70 bits per heavy atom. The van der Waals surface area contributed by atoms with E-state index in [1.54, 1.807) is 24.3 Å². The molecule has 1 amide bonds. The maximum absolute atomic E-state index is 12.1. The number of nitrogens with two attached hydrogens (primary N) is 1. The van der Waals surface area contributed by atoms with E-state index in [0.717, 1.165) is 18.6 Å². The van der Waals surface area contributed by atoms with E-state index in [1.165, 1.54) is 0 Å². The smallest absolute Gasteiger partial charge is 0.220 e. The summed E-state index contributed by atoms with van der Waals surface area (Å²) < 4.78 is 5.34. The van der Waals surface area contributed by atoms with Gasteiger partial charge in [-0.25, -0.2) is 0 Å². The molecule has 1 aromatic rings. The Labute approximate surface area is 138 Å². The van der Waals surface area contributed by atoms with Gasteiger partial charge in [-0.1, -0.05) is 13.8 Å². The average molecular weight is 320 g/mol. The number of rotatable bonds is 10. The number of hydrogen-bond acceptors (Lipinski definition) is 4. The molecule has 128 valence electrons. The Bertz CT molecular complexity index is 499. The van der Waals surface area contributed by atoms with Gasteiger partial charge in [-0.3, -0.25) is 9.59 Å². The quantitative estimate of drug-likeness (QED) is 0.649. The fraction of sp³-hybridized carbons (Fsp3) is 0.556. The summed E-state index contributed by atoms with van der Waals surface area (Å²) in [6.07, 6.45) is 1.92. The van der Waals surface area contributed by atoms with Gasteiger partial charge in [-0.2, -0.15) is 0 Å². The first kappa shape index (κ1) is 19.2. The number of benzene rings is 1. The first-order valence-electron chi connectivity index (χ1n) is 8.27. The molecule has 0 unspecified atom stereocenters. The van der Waals surface area contributed by atoms with E-state index in [0.29, 0.717) is 18.7 Å². The van der Waals surface area contributed by atoms with E-state index in [2.05, 4.69) is 5.32 Å². The second kappa shape index (κ2) is 9.30. The Kier molecular flexibility index (Phi) is 7.75. The van der Waals surface area contributed by atoms with Crippen LogP contribution in [0.25, 0.3) is 0 Å². The van der Waals surface area contributed by atoms with Gasteiger partial charge in [-0.05, 0) is 44.0 Å². The molecule has 0 bridgehead atoms.